The molecule has 0 radical (unpaired) electrons. The van der Waals surface area contributed by atoms with Gasteiger partial charge in [0, 0.05) is 5.56 Å². The predicted octanol–water partition coefficient (Wildman–Crippen LogP) is 3.93. The first kappa shape index (κ1) is 19.4. The van der Waals surface area contributed by atoms with Gasteiger partial charge in [-0.2, -0.15) is 5.10 Å². The summed E-state index contributed by atoms with van der Waals surface area (Å²) < 4.78 is 40.1. The normalized spacial score (nSPS) is 19.3. The van der Waals surface area contributed by atoms with Crippen molar-refractivity contribution in [2.75, 3.05) is 6.54 Å². The van der Waals surface area contributed by atoms with Gasteiger partial charge in [-0.15, -0.1) is 0 Å². The van der Waals surface area contributed by atoms with Gasteiger partial charge in [0.1, 0.15) is 5.82 Å². The molecular formula is C18H18ClF3N4O. The third kappa shape index (κ3) is 3.85. The molecule has 1 N–H and O–H groups in total. The standard InChI is InChI=1S/C18H18ClF3N4O/c1-9(10-5-4-6-11(14(10)20)15(21)22)23-17(27)12-7-13(19)25-26-8-18(2,3)24-16(12)26/h4-7,9,15H,8H2,1-3H3,(H,23,27)/t9-/m1/s1. The van der Waals surface area contributed by atoms with Crippen LogP contribution in [-0.2, 0) is 4.79 Å². The number of aliphatic imine (C=N–C) groups is 1. The Hall–Kier alpha value is -2.35. The smallest absolute Gasteiger partial charge is 0.266 e. The first-order valence-electron chi connectivity index (χ1n) is 8.30. The average molecular weight is 399 g/mol. The molecular weight excluding hydrogens is 381 g/mol. The van der Waals surface area contributed by atoms with Crippen LogP contribution in [0.3, 0.4) is 0 Å². The van der Waals surface area contributed by atoms with Crippen molar-refractivity contribution >= 4 is 28.5 Å². The van der Waals surface area contributed by atoms with Crippen LogP contribution >= 0.6 is 11.6 Å². The number of fused-ring (bicyclic) bond motifs is 1. The largest absolute Gasteiger partial charge is 0.345 e. The van der Waals surface area contributed by atoms with E-state index in [0.717, 1.165) is 6.07 Å². The summed E-state index contributed by atoms with van der Waals surface area (Å²) in [5.41, 5.74) is -0.974. The van der Waals surface area contributed by atoms with Gasteiger partial charge >= 0.3 is 0 Å². The molecule has 144 valence electrons. The van der Waals surface area contributed by atoms with E-state index in [0.29, 0.717) is 12.4 Å². The summed E-state index contributed by atoms with van der Waals surface area (Å²) in [5.74, 6) is -1.20. The van der Waals surface area contributed by atoms with Gasteiger partial charge in [0.05, 0.1) is 29.3 Å². The highest BCUT2D eigenvalue weighted by Crippen LogP contribution is 2.29. The second-order valence-corrected chi connectivity index (χ2v) is 7.42. The molecule has 0 bridgehead atoms. The Balaban J connectivity index is 1.85. The number of carbonyl (C=O) groups excluding carboxylic acids is 1. The fourth-order valence-corrected chi connectivity index (χ4v) is 3.22. The van der Waals surface area contributed by atoms with Crippen LogP contribution in [0.1, 0.15) is 44.4 Å². The number of amides is 1. The van der Waals surface area contributed by atoms with Gasteiger partial charge < -0.3 is 5.32 Å². The fraction of sp³-hybridized carbons (Fsp3) is 0.389. The lowest BCUT2D eigenvalue weighted by atomic mass is 10.0. The van der Waals surface area contributed by atoms with Gasteiger partial charge in [-0.1, -0.05) is 29.8 Å². The van der Waals surface area contributed by atoms with Crippen LogP contribution in [0.15, 0.2) is 39.9 Å². The van der Waals surface area contributed by atoms with Gasteiger partial charge in [-0.3, -0.25) is 9.79 Å². The Morgan fingerprint density at radius 2 is 2.00 bits per heavy atom. The highest BCUT2D eigenvalue weighted by Gasteiger charge is 2.37. The molecule has 0 fully saturated rings. The number of benzene rings is 1. The third-order valence-electron chi connectivity index (χ3n) is 4.26. The summed E-state index contributed by atoms with van der Waals surface area (Å²) in [4.78, 5) is 17.2. The van der Waals surface area contributed by atoms with Crippen molar-refractivity contribution < 1.29 is 18.0 Å². The molecule has 0 saturated carbocycles. The fourth-order valence-electron chi connectivity index (χ4n) is 3.02. The predicted molar refractivity (Wildman–Crippen MR) is 97.5 cm³/mol. The number of nitrogens with one attached hydrogen (secondary N) is 1. The van der Waals surface area contributed by atoms with Crippen molar-refractivity contribution in [2.24, 2.45) is 10.1 Å². The van der Waals surface area contributed by atoms with Crippen molar-refractivity contribution in [1.82, 2.24) is 10.3 Å². The lowest BCUT2D eigenvalue weighted by Crippen LogP contribution is -2.38. The van der Waals surface area contributed by atoms with Crippen LogP contribution in [0.2, 0.25) is 0 Å². The van der Waals surface area contributed by atoms with Crippen molar-refractivity contribution in [3.8, 4) is 0 Å². The maximum atomic E-state index is 14.3. The van der Waals surface area contributed by atoms with E-state index < -0.39 is 35.3 Å². The first-order chi connectivity index (χ1) is 12.6. The van der Waals surface area contributed by atoms with Crippen LogP contribution in [-0.4, -0.2) is 34.0 Å². The zero-order valence-corrected chi connectivity index (χ0v) is 15.7. The van der Waals surface area contributed by atoms with Crippen LogP contribution in [0.5, 0.6) is 0 Å². The van der Waals surface area contributed by atoms with Crippen molar-refractivity contribution in [3.63, 3.8) is 0 Å². The minimum Gasteiger partial charge on any atom is -0.345 e. The molecule has 0 aromatic heterocycles. The van der Waals surface area contributed by atoms with E-state index in [1.807, 2.05) is 13.8 Å². The van der Waals surface area contributed by atoms with Gasteiger partial charge in [0.2, 0.25) is 0 Å². The van der Waals surface area contributed by atoms with Crippen LogP contribution in [0.25, 0.3) is 0 Å². The summed E-state index contributed by atoms with van der Waals surface area (Å²) in [6, 6.07) is 2.87. The molecule has 27 heavy (non-hydrogen) atoms. The Kier molecular flexibility index (Phi) is 5.03. The molecule has 9 heteroatoms. The molecule has 3 rings (SSSR count). The number of hydrazone groups is 1. The maximum absolute atomic E-state index is 14.3. The Morgan fingerprint density at radius 1 is 1.33 bits per heavy atom. The number of hydrogen-bond acceptors (Lipinski definition) is 4. The number of halogens is 4. The molecule has 1 amide bonds. The number of hydrogen-bond donors (Lipinski definition) is 1. The van der Waals surface area contributed by atoms with E-state index in [9.17, 15) is 18.0 Å². The molecule has 0 spiro atoms. The molecule has 2 aliphatic heterocycles. The van der Waals surface area contributed by atoms with E-state index in [1.54, 1.807) is 5.01 Å². The summed E-state index contributed by atoms with van der Waals surface area (Å²) in [5, 5.41) is 8.42. The summed E-state index contributed by atoms with van der Waals surface area (Å²) in [6.45, 7) is 5.77. The van der Waals surface area contributed by atoms with Crippen molar-refractivity contribution in [3.05, 3.63) is 46.8 Å². The second-order valence-electron chi connectivity index (χ2n) is 7.03. The number of alkyl halides is 2. The minimum atomic E-state index is -2.94. The van der Waals surface area contributed by atoms with E-state index in [-0.39, 0.29) is 16.3 Å². The zero-order valence-electron chi connectivity index (χ0n) is 14.9. The quantitative estimate of drug-likeness (QED) is 0.835. The molecule has 5 nitrogen and oxygen atoms in total. The molecule has 1 aromatic rings. The second kappa shape index (κ2) is 6.99. The number of nitrogens with zero attached hydrogens (tertiary/aromatic N) is 3. The van der Waals surface area contributed by atoms with Gasteiger partial charge in [-0.25, -0.2) is 18.2 Å². The minimum absolute atomic E-state index is 0.0251. The SMILES string of the molecule is C[C@@H](NC(=O)C1=CC(Cl)=NN2CC(C)(C)N=C12)c1cccc(C(F)F)c1F. The van der Waals surface area contributed by atoms with E-state index >= 15 is 0 Å². The lowest BCUT2D eigenvalue weighted by Gasteiger charge is -2.23. The average Bonchev–Trinajstić information content (AvgIpc) is 2.87. The molecule has 0 unspecified atom stereocenters. The molecule has 2 heterocycles. The number of carbonyl (C=O) groups is 1. The van der Waals surface area contributed by atoms with Crippen LogP contribution in [0, 0.1) is 5.82 Å². The van der Waals surface area contributed by atoms with Crippen molar-refractivity contribution in [2.45, 2.75) is 38.8 Å². The van der Waals surface area contributed by atoms with E-state index in [2.05, 4.69) is 15.4 Å². The van der Waals surface area contributed by atoms with Crippen LogP contribution in [0.4, 0.5) is 13.2 Å². The lowest BCUT2D eigenvalue weighted by molar-refractivity contribution is -0.117. The Labute approximate surface area is 159 Å². The van der Waals surface area contributed by atoms with Gasteiger partial charge in [-0.05, 0) is 26.8 Å². The highest BCUT2D eigenvalue weighted by atomic mass is 35.5. The highest BCUT2D eigenvalue weighted by molar-refractivity contribution is 6.69. The monoisotopic (exact) mass is 398 g/mol. The first-order valence-corrected chi connectivity index (χ1v) is 8.68. The molecule has 1 aromatic carbocycles. The van der Waals surface area contributed by atoms with Gasteiger partial charge in [0.15, 0.2) is 11.0 Å². The van der Waals surface area contributed by atoms with E-state index in [4.69, 9.17) is 11.6 Å². The van der Waals surface area contributed by atoms with E-state index in [1.165, 1.54) is 25.1 Å². The number of amidine groups is 1. The third-order valence-corrected chi connectivity index (χ3v) is 4.45. The number of rotatable bonds is 4. The zero-order chi connectivity index (χ0) is 19.9. The molecule has 2 aliphatic rings. The summed E-state index contributed by atoms with van der Waals surface area (Å²) in [6.07, 6.45) is -1.56. The molecule has 1 atom stereocenters. The summed E-state index contributed by atoms with van der Waals surface area (Å²) >= 11 is 6.00. The molecule has 0 aliphatic carbocycles. The Morgan fingerprint density at radius 3 is 2.67 bits per heavy atom. The maximum Gasteiger partial charge on any atom is 0.266 e. The topological polar surface area (TPSA) is 57.1 Å². The van der Waals surface area contributed by atoms with Crippen molar-refractivity contribution in [1.29, 1.82) is 0 Å². The van der Waals surface area contributed by atoms with Crippen LogP contribution < -0.4 is 5.32 Å². The van der Waals surface area contributed by atoms with Gasteiger partial charge in [0.25, 0.3) is 12.3 Å². The molecule has 0 saturated heterocycles. The number of allylic oxidation sites excluding steroid dienone is 1. The Bertz CT molecular complexity index is 879. The summed E-state index contributed by atoms with van der Waals surface area (Å²) in [7, 11) is 0.